The summed E-state index contributed by atoms with van der Waals surface area (Å²) in [5.74, 6) is 0.104. The monoisotopic (exact) mass is 450 g/mol. The van der Waals surface area contributed by atoms with Gasteiger partial charge in [0.05, 0.1) is 17.8 Å². The molecule has 0 saturated carbocycles. The van der Waals surface area contributed by atoms with E-state index in [-0.39, 0.29) is 24.0 Å². The van der Waals surface area contributed by atoms with Crippen LogP contribution in [0.3, 0.4) is 0 Å². The maximum Gasteiger partial charge on any atom is 0.278 e. The molecule has 6 nitrogen and oxygen atoms in total. The van der Waals surface area contributed by atoms with E-state index in [1.807, 2.05) is 77.9 Å². The lowest BCUT2D eigenvalue weighted by molar-refractivity contribution is -0.137. The minimum absolute atomic E-state index is 0.0510. The Bertz CT molecular complexity index is 1020. The highest BCUT2D eigenvalue weighted by Crippen LogP contribution is 2.32. The summed E-state index contributed by atoms with van der Waals surface area (Å²) in [5.41, 5.74) is 4.29. The fourth-order valence-corrected chi connectivity index (χ4v) is 3.87. The Hall–Kier alpha value is -3.12. The van der Waals surface area contributed by atoms with Crippen molar-refractivity contribution in [2.24, 2.45) is 0 Å². The van der Waals surface area contributed by atoms with Crippen LogP contribution in [0.25, 0.3) is 5.57 Å². The molecule has 0 aromatic heterocycles. The van der Waals surface area contributed by atoms with Crippen molar-refractivity contribution in [1.29, 1.82) is 0 Å². The van der Waals surface area contributed by atoms with Crippen molar-refractivity contribution in [2.45, 2.75) is 60.2 Å². The number of aryl methyl sites for hydroxylation is 2. The molecule has 33 heavy (non-hydrogen) atoms. The first-order chi connectivity index (χ1) is 15.7. The summed E-state index contributed by atoms with van der Waals surface area (Å²) in [4.78, 5) is 28.0. The summed E-state index contributed by atoms with van der Waals surface area (Å²) in [6.07, 6.45) is 0.744. The van der Waals surface area contributed by atoms with E-state index in [2.05, 4.69) is 11.4 Å². The fourth-order valence-electron chi connectivity index (χ4n) is 3.87. The molecular weight excluding hydrogens is 416 g/mol. The third-order valence-corrected chi connectivity index (χ3v) is 5.15. The summed E-state index contributed by atoms with van der Waals surface area (Å²) >= 11 is 0. The highest BCUT2D eigenvalue weighted by molar-refractivity contribution is 6.36. The zero-order valence-corrected chi connectivity index (χ0v) is 20.4. The average Bonchev–Trinajstić information content (AvgIpc) is 2.94. The minimum atomic E-state index is -0.318. The van der Waals surface area contributed by atoms with Crippen LogP contribution in [0.1, 0.15) is 50.8 Å². The standard InChI is InChI=1S/C27H34N2O4/c1-17(2)32-13-7-12-29-26(30)24(21-8-10-23(11-9-21)33-18(3)4)25(27(29)31)28-22-15-19(5)14-20(6)16-22/h8-11,14-18,28H,7,12-13H2,1-6H3. The second-order valence-electron chi connectivity index (χ2n) is 8.98. The normalized spacial score (nSPS) is 14.1. The molecule has 2 aromatic rings. The predicted molar refractivity (Wildman–Crippen MR) is 131 cm³/mol. The van der Waals surface area contributed by atoms with Gasteiger partial charge < -0.3 is 14.8 Å². The number of carbonyl (C=O) groups excluding carboxylic acids is 2. The van der Waals surface area contributed by atoms with Gasteiger partial charge in [-0.1, -0.05) is 18.2 Å². The van der Waals surface area contributed by atoms with Gasteiger partial charge in [-0.2, -0.15) is 0 Å². The number of carbonyl (C=O) groups is 2. The van der Waals surface area contributed by atoms with Crippen molar-refractivity contribution in [3.05, 3.63) is 64.9 Å². The molecule has 3 rings (SSSR count). The highest BCUT2D eigenvalue weighted by Gasteiger charge is 2.39. The van der Waals surface area contributed by atoms with Gasteiger partial charge in [0, 0.05) is 18.8 Å². The van der Waals surface area contributed by atoms with Gasteiger partial charge in [-0.25, -0.2) is 0 Å². The van der Waals surface area contributed by atoms with Crippen LogP contribution in [0.5, 0.6) is 5.75 Å². The molecule has 0 atom stereocenters. The van der Waals surface area contributed by atoms with Crippen LogP contribution in [0.15, 0.2) is 48.2 Å². The zero-order valence-electron chi connectivity index (χ0n) is 20.4. The van der Waals surface area contributed by atoms with Gasteiger partial charge in [0.25, 0.3) is 11.8 Å². The van der Waals surface area contributed by atoms with Crippen LogP contribution in [-0.2, 0) is 14.3 Å². The van der Waals surface area contributed by atoms with E-state index in [0.29, 0.717) is 36.4 Å². The zero-order chi connectivity index (χ0) is 24.1. The second-order valence-corrected chi connectivity index (χ2v) is 8.98. The van der Waals surface area contributed by atoms with Gasteiger partial charge in [-0.05, 0) is 88.9 Å². The molecule has 1 aliphatic heterocycles. The van der Waals surface area contributed by atoms with Gasteiger partial charge in [-0.15, -0.1) is 0 Å². The molecule has 176 valence electrons. The van der Waals surface area contributed by atoms with Crippen LogP contribution >= 0.6 is 0 Å². The summed E-state index contributed by atoms with van der Waals surface area (Å²) in [7, 11) is 0. The predicted octanol–water partition coefficient (Wildman–Crippen LogP) is 5.10. The molecule has 2 amide bonds. The van der Waals surface area contributed by atoms with Gasteiger partial charge in [-0.3, -0.25) is 14.5 Å². The third kappa shape index (κ3) is 6.23. The Morgan fingerprint density at radius 1 is 0.879 bits per heavy atom. The second kappa shape index (κ2) is 10.7. The molecule has 0 saturated heterocycles. The van der Waals surface area contributed by atoms with Gasteiger partial charge >= 0.3 is 0 Å². The Labute approximate surface area is 196 Å². The van der Waals surface area contributed by atoms with Crippen molar-refractivity contribution in [3.8, 4) is 5.75 Å². The third-order valence-electron chi connectivity index (χ3n) is 5.15. The van der Waals surface area contributed by atoms with Crippen LogP contribution in [-0.4, -0.2) is 42.1 Å². The van der Waals surface area contributed by atoms with Gasteiger partial charge in [0.1, 0.15) is 11.4 Å². The van der Waals surface area contributed by atoms with Crippen molar-refractivity contribution in [3.63, 3.8) is 0 Å². The Kier molecular flexibility index (Phi) is 7.92. The number of hydrogen-bond acceptors (Lipinski definition) is 5. The van der Waals surface area contributed by atoms with Crippen LogP contribution < -0.4 is 10.1 Å². The fraction of sp³-hybridized carbons (Fsp3) is 0.407. The Morgan fingerprint density at radius 2 is 1.52 bits per heavy atom. The number of imide groups is 1. The number of amides is 2. The van der Waals surface area contributed by atoms with Crippen LogP contribution in [0, 0.1) is 13.8 Å². The highest BCUT2D eigenvalue weighted by atomic mass is 16.5. The summed E-state index contributed by atoms with van der Waals surface area (Å²) in [5, 5.41) is 3.24. The first kappa shape index (κ1) is 24.5. The molecule has 6 heteroatoms. The largest absolute Gasteiger partial charge is 0.491 e. The Morgan fingerprint density at radius 3 is 2.09 bits per heavy atom. The van der Waals surface area contributed by atoms with Gasteiger partial charge in [0.2, 0.25) is 0 Å². The number of nitrogens with zero attached hydrogens (tertiary/aromatic N) is 1. The number of ether oxygens (including phenoxy) is 2. The quantitative estimate of drug-likeness (QED) is 0.403. The Balaban J connectivity index is 1.92. The molecule has 1 heterocycles. The molecule has 0 spiro atoms. The molecule has 0 aliphatic carbocycles. The minimum Gasteiger partial charge on any atom is -0.491 e. The van der Waals surface area contributed by atoms with Crippen molar-refractivity contribution >= 4 is 23.1 Å². The molecular formula is C27H34N2O4. The topological polar surface area (TPSA) is 67.9 Å². The molecule has 0 radical (unpaired) electrons. The summed E-state index contributed by atoms with van der Waals surface area (Å²) < 4.78 is 11.3. The lowest BCUT2D eigenvalue weighted by Gasteiger charge is -2.16. The first-order valence-corrected chi connectivity index (χ1v) is 11.5. The smallest absolute Gasteiger partial charge is 0.278 e. The van der Waals surface area contributed by atoms with Crippen molar-refractivity contribution in [1.82, 2.24) is 4.90 Å². The van der Waals surface area contributed by atoms with E-state index in [1.54, 1.807) is 0 Å². The number of anilines is 1. The molecule has 2 aromatic carbocycles. The number of benzene rings is 2. The molecule has 1 aliphatic rings. The number of nitrogens with one attached hydrogen (secondary N) is 1. The summed E-state index contributed by atoms with van der Waals surface area (Å²) in [6, 6.07) is 13.3. The van der Waals surface area contributed by atoms with E-state index in [9.17, 15) is 9.59 Å². The van der Waals surface area contributed by atoms with Gasteiger partial charge in [0.15, 0.2) is 0 Å². The first-order valence-electron chi connectivity index (χ1n) is 11.5. The number of rotatable bonds is 10. The SMILES string of the molecule is Cc1cc(C)cc(NC2=C(c3ccc(OC(C)C)cc3)C(=O)N(CCCOC(C)C)C2=O)c1. The van der Waals surface area contributed by atoms with E-state index >= 15 is 0 Å². The number of hydrogen-bond donors (Lipinski definition) is 1. The van der Waals surface area contributed by atoms with Crippen molar-refractivity contribution in [2.75, 3.05) is 18.5 Å². The molecule has 0 bridgehead atoms. The molecule has 0 fully saturated rings. The van der Waals surface area contributed by atoms with Crippen LogP contribution in [0.4, 0.5) is 5.69 Å². The maximum atomic E-state index is 13.4. The molecule has 0 unspecified atom stereocenters. The maximum absolute atomic E-state index is 13.4. The summed E-state index contributed by atoms with van der Waals surface area (Å²) in [6.45, 7) is 12.7. The lowest BCUT2D eigenvalue weighted by Crippen LogP contribution is -2.34. The van der Waals surface area contributed by atoms with E-state index < -0.39 is 0 Å². The molecule has 1 N–H and O–H groups in total. The van der Waals surface area contributed by atoms with Crippen LogP contribution in [0.2, 0.25) is 0 Å². The van der Waals surface area contributed by atoms with E-state index in [1.165, 1.54) is 4.90 Å². The lowest BCUT2D eigenvalue weighted by atomic mass is 10.0. The van der Waals surface area contributed by atoms with Crippen molar-refractivity contribution < 1.29 is 19.1 Å². The average molecular weight is 451 g/mol. The van der Waals surface area contributed by atoms with E-state index in [0.717, 1.165) is 22.6 Å². The van der Waals surface area contributed by atoms with E-state index in [4.69, 9.17) is 9.47 Å².